The van der Waals surface area contributed by atoms with Crippen LogP contribution in [0.4, 0.5) is 10.6 Å². The van der Waals surface area contributed by atoms with Gasteiger partial charge in [0.1, 0.15) is 11.4 Å². The molecule has 0 bridgehead atoms. The number of amides is 1. The minimum atomic E-state index is -1.10. The molecule has 1 aromatic rings. The molecular formula is C12H15N3O4. The van der Waals surface area contributed by atoms with Gasteiger partial charge in [0.15, 0.2) is 5.82 Å². The van der Waals surface area contributed by atoms with Crippen molar-refractivity contribution in [3.8, 4) is 0 Å². The molecule has 19 heavy (non-hydrogen) atoms. The van der Waals surface area contributed by atoms with Gasteiger partial charge in [-0.1, -0.05) is 0 Å². The molecule has 0 saturated heterocycles. The van der Waals surface area contributed by atoms with Crippen molar-refractivity contribution in [1.82, 2.24) is 9.97 Å². The fourth-order valence-electron chi connectivity index (χ4n) is 1.08. The summed E-state index contributed by atoms with van der Waals surface area (Å²) in [6.07, 6.45) is 2.90. The highest BCUT2D eigenvalue weighted by molar-refractivity contribution is 5.85. The van der Waals surface area contributed by atoms with E-state index in [-0.39, 0.29) is 11.6 Å². The summed E-state index contributed by atoms with van der Waals surface area (Å²) >= 11 is 0. The molecule has 7 nitrogen and oxygen atoms in total. The topological polar surface area (TPSA) is 101 Å². The molecule has 1 aromatic heterocycles. The second kappa shape index (κ2) is 5.94. The number of rotatable bonds is 3. The van der Waals surface area contributed by atoms with Crippen molar-refractivity contribution in [3.63, 3.8) is 0 Å². The summed E-state index contributed by atoms with van der Waals surface area (Å²) < 4.78 is 5.06. The summed E-state index contributed by atoms with van der Waals surface area (Å²) in [4.78, 5) is 29.6. The van der Waals surface area contributed by atoms with Gasteiger partial charge in [0.25, 0.3) is 0 Å². The number of nitrogens with zero attached hydrogens (tertiary/aromatic N) is 2. The number of hydrogen-bond acceptors (Lipinski definition) is 5. The van der Waals surface area contributed by atoms with Crippen molar-refractivity contribution in [3.05, 3.63) is 24.2 Å². The van der Waals surface area contributed by atoms with E-state index in [4.69, 9.17) is 9.84 Å². The highest BCUT2D eigenvalue weighted by atomic mass is 16.6. The van der Waals surface area contributed by atoms with E-state index in [0.717, 1.165) is 6.08 Å². The fraction of sp³-hybridized carbons (Fsp3) is 0.333. The molecule has 0 aliphatic rings. The summed E-state index contributed by atoms with van der Waals surface area (Å²) in [5, 5.41) is 10.9. The molecule has 0 unspecified atom stereocenters. The molecule has 0 fully saturated rings. The zero-order chi connectivity index (χ0) is 14.5. The second-order valence-electron chi connectivity index (χ2n) is 4.60. The summed E-state index contributed by atoms with van der Waals surface area (Å²) in [6.45, 7) is 5.23. The average molecular weight is 265 g/mol. The van der Waals surface area contributed by atoms with Crippen LogP contribution < -0.4 is 5.32 Å². The molecule has 1 rings (SSSR count). The molecule has 0 radical (unpaired) electrons. The van der Waals surface area contributed by atoms with Gasteiger partial charge in [0, 0.05) is 12.3 Å². The number of nitrogens with one attached hydrogen (secondary N) is 1. The van der Waals surface area contributed by atoms with Gasteiger partial charge in [-0.2, -0.15) is 0 Å². The van der Waals surface area contributed by atoms with Crippen molar-refractivity contribution in [2.45, 2.75) is 26.4 Å². The van der Waals surface area contributed by atoms with Crippen LogP contribution in [-0.4, -0.2) is 32.7 Å². The number of carbonyl (C=O) groups excluding carboxylic acids is 1. The van der Waals surface area contributed by atoms with E-state index in [2.05, 4.69) is 15.3 Å². The Balaban J connectivity index is 2.72. The maximum atomic E-state index is 11.5. The Morgan fingerprint density at radius 1 is 1.42 bits per heavy atom. The second-order valence-corrected chi connectivity index (χ2v) is 4.60. The van der Waals surface area contributed by atoms with E-state index in [1.54, 1.807) is 20.8 Å². The maximum absolute atomic E-state index is 11.5. The van der Waals surface area contributed by atoms with Gasteiger partial charge >= 0.3 is 12.1 Å². The number of ether oxygens (including phenoxy) is 1. The summed E-state index contributed by atoms with van der Waals surface area (Å²) in [6, 6.07) is 1.47. The molecule has 1 heterocycles. The Bertz CT molecular complexity index is 506. The van der Waals surface area contributed by atoms with Gasteiger partial charge in [-0.3, -0.25) is 5.32 Å². The first kappa shape index (κ1) is 14.6. The maximum Gasteiger partial charge on any atom is 0.413 e. The fourth-order valence-corrected chi connectivity index (χ4v) is 1.08. The quantitative estimate of drug-likeness (QED) is 0.809. The highest BCUT2D eigenvalue weighted by Crippen LogP contribution is 2.10. The monoisotopic (exact) mass is 265 g/mol. The van der Waals surface area contributed by atoms with Gasteiger partial charge in [-0.15, -0.1) is 0 Å². The molecular weight excluding hydrogens is 250 g/mol. The van der Waals surface area contributed by atoms with Crippen LogP contribution in [0.3, 0.4) is 0 Å². The highest BCUT2D eigenvalue weighted by Gasteiger charge is 2.16. The number of carboxylic acids is 1. The van der Waals surface area contributed by atoms with E-state index in [1.165, 1.54) is 18.3 Å². The van der Waals surface area contributed by atoms with Crippen molar-refractivity contribution < 1.29 is 19.4 Å². The lowest BCUT2D eigenvalue weighted by Crippen LogP contribution is -2.27. The molecule has 0 atom stereocenters. The lowest BCUT2D eigenvalue weighted by Gasteiger charge is -2.19. The first-order valence-electron chi connectivity index (χ1n) is 5.50. The van der Waals surface area contributed by atoms with Crippen LogP contribution >= 0.6 is 0 Å². The number of hydrogen-bond donors (Lipinski definition) is 2. The Labute approximate surface area is 110 Å². The largest absolute Gasteiger partial charge is 0.478 e. The van der Waals surface area contributed by atoms with Gasteiger partial charge in [0.05, 0.1) is 0 Å². The van der Waals surface area contributed by atoms with Crippen LogP contribution in [0.1, 0.15) is 26.6 Å². The Morgan fingerprint density at radius 2 is 2.11 bits per heavy atom. The van der Waals surface area contributed by atoms with Crippen LogP contribution in [0, 0.1) is 0 Å². The summed E-state index contributed by atoms with van der Waals surface area (Å²) in [5.74, 6) is -0.695. The van der Waals surface area contributed by atoms with E-state index in [9.17, 15) is 9.59 Å². The van der Waals surface area contributed by atoms with E-state index >= 15 is 0 Å². The van der Waals surface area contributed by atoms with Crippen LogP contribution in [-0.2, 0) is 9.53 Å². The summed E-state index contributed by atoms with van der Waals surface area (Å²) in [5.41, 5.74) is -0.608. The predicted octanol–water partition coefficient (Wildman–Crippen LogP) is 1.92. The third kappa shape index (κ3) is 6.16. The number of anilines is 1. The number of aromatic nitrogens is 2. The number of carboxylic acid groups (broad SMARTS) is 1. The minimum absolute atomic E-state index is 0.177. The Morgan fingerprint density at radius 3 is 2.68 bits per heavy atom. The van der Waals surface area contributed by atoms with Gasteiger partial charge in [-0.25, -0.2) is 19.6 Å². The van der Waals surface area contributed by atoms with Crippen LogP contribution in [0.25, 0.3) is 6.08 Å². The molecule has 7 heteroatoms. The third-order valence-corrected chi connectivity index (χ3v) is 1.68. The average Bonchev–Trinajstić information content (AvgIpc) is 2.24. The van der Waals surface area contributed by atoms with Crippen molar-refractivity contribution in [2.75, 3.05) is 5.32 Å². The van der Waals surface area contributed by atoms with Crippen molar-refractivity contribution >= 4 is 24.0 Å². The van der Waals surface area contributed by atoms with Gasteiger partial charge in [-0.05, 0) is 32.9 Å². The third-order valence-electron chi connectivity index (χ3n) is 1.68. The van der Waals surface area contributed by atoms with Crippen molar-refractivity contribution in [1.29, 1.82) is 0 Å². The first-order chi connectivity index (χ1) is 8.76. The van der Waals surface area contributed by atoms with E-state index < -0.39 is 17.7 Å². The standard InChI is InChI=1S/C12H15N3O4/c1-12(2,3)19-11(18)15-9-6-7-13-8(14-9)4-5-10(16)17/h4-7H,1-3H3,(H,16,17)(H,13,14,15,18)/b5-4+. The number of carbonyl (C=O) groups is 2. The Hall–Kier alpha value is -2.44. The molecule has 0 saturated carbocycles. The smallest absolute Gasteiger partial charge is 0.413 e. The SMILES string of the molecule is CC(C)(C)OC(=O)Nc1ccnc(/C=C/C(=O)O)n1. The molecule has 1 amide bonds. The lowest BCUT2D eigenvalue weighted by atomic mass is 10.2. The molecule has 0 aliphatic carbocycles. The first-order valence-corrected chi connectivity index (χ1v) is 5.50. The molecule has 0 spiro atoms. The molecule has 2 N–H and O–H groups in total. The molecule has 0 aliphatic heterocycles. The van der Waals surface area contributed by atoms with Crippen LogP contribution in [0.5, 0.6) is 0 Å². The minimum Gasteiger partial charge on any atom is -0.478 e. The molecule has 0 aromatic carbocycles. The van der Waals surface area contributed by atoms with E-state index in [1.807, 2.05) is 0 Å². The Kier molecular flexibility index (Phi) is 4.57. The normalized spacial score (nSPS) is 11.3. The van der Waals surface area contributed by atoms with Crippen LogP contribution in [0.15, 0.2) is 18.3 Å². The zero-order valence-electron chi connectivity index (χ0n) is 10.9. The lowest BCUT2D eigenvalue weighted by molar-refractivity contribution is -0.131. The van der Waals surface area contributed by atoms with Gasteiger partial charge in [0.2, 0.25) is 0 Å². The van der Waals surface area contributed by atoms with Gasteiger partial charge < -0.3 is 9.84 Å². The summed E-state index contributed by atoms with van der Waals surface area (Å²) in [7, 11) is 0. The predicted molar refractivity (Wildman–Crippen MR) is 68.6 cm³/mol. The molecule has 102 valence electrons. The van der Waals surface area contributed by atoms with Crippen LogP contribution in [0.2, 0.25) is 0 Å². The van der Waals surface area contributed by atoms with Crippen molar-refractivity contribution in [2.24, 2.45) is 0 Å². The number of aliphatic carboxylic acids is 1. The zero-order valence-corrected chi connectivity index (χ0v) is 10.9. The van der Waals surface area contributed by atoms with E-state index in [0.29, 0.717) is 0 Å².